The van der Waals surface area contributed by atoms with E-state index < -0.39 is 0 Å². The van der Waals surface area contributed by atoms with Gasteiger partial charge in [0.15, 0.2) is 5.78 Å². The van der Waals surface area contributed by atoms with E-state index in [9.17, 15) is 9.59 Å². The molecule has 2 aromatic carbocycles. The Kier molecular flexibility index (Phi) is 5.52. The molecule has 1 aliphatic carbocycles. The van der Waals surface area contributed by atoms with E-state index in [1.54, 1.807) is 23.3 Å². The number of Topliss-reactive ketones (excluding diaryl/α,β-unsaturated/α-hetero) is 1. The number of carbonyl (C=O) groups excluding carboxylic acids is 2. The predicted molar refractivity (Wildman–Crippen MR) is 144 cm³/mol. The lowest BCUT2D eigenvalue weighted by Crippen LogP contribution is -2.36. The minimum absolute atomic E-state index is 0.00544. The number of anilines is 1. The molecule has 6 nitrogen and oxygen atoms in total. The molecule has 2 aromatic heterocycles. The standard InChI is InChI=1S/C29H27N3O3S/c1-17-26(20-7-4-5-9-22(20)31(17)2)23(33)16-32-25(34)15-30-28(18-11-13-19(35-3)14-12-18)27-21-8-6-10-24(21)36-29(27)32/h4-5,7,9,11-14H,6,8,10,15-16H2,1-3H3. The SMILES string of the molecule is COc1ccc(C2=NCC(=O)N(CC(=O)c3c(C)n(C)c4ccccc34)c3sc4c(c32)CCC4)cc1. The van der Waals surface area contributed by atoms with Crippen LogP contribution in [0.15, 0.2) is 53.5 Å². The van der Waals surface area contributed by atoms with Crippen LogP contribution in [0, 0.1) is 6.92 Å². The topological polar surface area (TPSA) is 63.9 Å². The van der Waals surface area contributed by atoms with Crippen molar-refractivity contribution in [3.63, 3.8) is 0 Å². The Morgan fingerprint density at radius 1 is 1.11 bits per heavy atom. The number of hydrogen-bond acceptors (Lipinski definition) is 5. The number of ketones is 1. The third kappa shape index (κ3) is 3.49. The number of ether oxygens (including phenoxy) is 1. The van der Waals surface area contributed by atoms with Crippen molar-refractivity contribution >= 4 is 44.6 Å². The Hall–Kier alpha value is -3.71. The normalized spacial score (nSPS) is 15.0. The fourth-order valence-corrected chi connectivity index (χ4v) is 6.89. The zero-order chi connectivity index (χ0) is 25.0. The molecule has 0 saturated carbocycles. The second kappa shape index (κ2) is 8.75. The average molecular weight is 498 g/mol. The van der Waals surface area contributed by atoms with Crippen molar-refractivity contribution < 1.29 is 14.3 Å². The quantitative estimate of drug-likeness (QED) is 0.360. The lowest BCUT2D eigenvalue weighted by Gasteiger charge is -2.20. The van der Waals surface area contributed by atoms with Crippen LogP contribution in [0.5, 0.6) is 5.75 Å². The molecule has 3 heterocycles. The molecule has 4 aromatic rings. The van der Waals surface area contributed by atoms with Crippen molar-refractivity contribution in [2.75, 3.05) is 25.1 Å². The fraction of sp³-hybridized carbons (Fsp3) is 0.276. The molecule has 0 bridgehead atoms. The molecule has 0 unspecified atom stereocenters. The Labute approximate surface area is 213 Å². The number of methoxy groups -OCH3 is 1. The zero-order valence-electron chi connectivity index (χ0n) is 20.6. The molecule has 182 valence electrons. The van der Waals surface area contributed by atoms with Crippen LogP contribution in [0.3, 0.4) is 0 Å². The van der Waals surface area contributed by atoms with Crippen molar-refractivity contribution in [2.24, 2.45) is 12.0 Å². The Morgan fingerprint density at radius 3 is 2.67 bits per heavy atom. The van der Waals surface area contributed by atoms with Gasteiger partial charge in [-0.25, -0.2) is 0 Å². The molecule has 0 atom stereocenters. The average Bonchev–Trinajstić information content (AvgIpc) is 3.53. The lowest BCUT2D eigenvalue weighted by atomic mass is 9.99. The summed E-state index contributed by atoms with van der Waals surface area (Å²) in [5.41, 5.74) is 6.69. The van der Waals surface area contributed by atoms with E-state index in [0.29, 0.717) is 5.56 Å². The summed E-state index contributed by atoms with van der Waals surface area (Å²) >= 11 is 1.65. The molecule has 2 aliphatic rings. The van der Waals surface area contributed by atoms with Gasteiger partial charge < -0.3 is 9.30 Å². The number of fused-ring (bicyclic) bond motifs is 4. The van der Waals surface area contributed by atoms with Gasteiger partial charge in [0.1, 0.15) is 17.3 Å². The Bertz CT molecular complexity index is 1560. The van der Waals surface area contributed by atoms with Crippen LogP contribution < -0.4 is 9.64 Å². The summed E-state index contributed by atoms with van der Waals surface area (Å²) in [5.74, 6) is 0.577. The van der Waals surface area contributed by atoms with E-state index in [-0.39, 0.29) is 24.8 Å². The molecule has 36 heavy (non-hydrogen) atoms. The summed E-state index contributed by atoms with van der Waals surface area (Å²) in [4.78, 5) is 35.0. The highest BCUT2D eigenvalue weighted by Gasteiger charge is 2.34. The van der Waals surface area contributed by atoms with Gasteiger partial charge in [0.25, 0.3) is 0 Å². The summed E-state index contributed by atoms with van der Waals surface area (Å²) in [7, 11) is 3.62. The number of carbonyl (C=O) groups is 2. The second-order valence-electron chi connectivity index (χ2n) is 9.37. The number of aromatic nitrogens is 1. The number of rotatable bonds is 5. The van der Waals surface area contributed by atoms with E-state index in [1.165, 1.54) is 10.4 Å². The lowest BCUT2D eigenvalue weighted by molar-refractivity contribution is -0.117. The van der Waals surface area contributed by atoms with Crippen molar-refractivity contribution in [3.05, 3.63) is 81.4 Å². The van der Waals surface area contributed by atoms with Crippen molar-refractivity contribution in [1.29, 1.82) is 0 Å². The van der Waals surface area contributed by atoms with Gasteiger partial charge in [-0.2, -0.15) is 0 Å². The van der Waals surface area contributed by atoms with Crippen molar-refractivity contribution in [2.45, 2.75) is 26.2 Å². The number of aryl methyl sites for hydroxylation is 2. The number of thiophene rings is 1. The Balaban J connectivity index is 1.43. The van der Waals surface area contributed by atoms with Gasteiger partial charge in [-0.1, -0.05) is 18.2 Å². The first-order valence-corrected chi connectivity index (χ1v) is 13.0. The minimum atomic E-state index is -0.147. The van der Waals surface area contributed by atoms with Gasteiger partial charge >= 0.3 is 0 Å². The molecule has 1 amide bonds. The van der Waals surface area contributed by atoms with E-state index in [2.05, 4.69) is 0 Å². The van der Waals surface area contributed by atoms with Crippen molar-refractivity contribution in [1.82, 2.24) is 4.57 Å². The van der Waals surface area contributed by atoms with Gasteiger partial charge in [0.2, 0.25) is 5.91 Å². The van der Waals surface area contributed by atoms with E-state index in [4.69, 9.17) is 9.73 Å². The summed E-state index contributed by atoms with van der Waals surface area (Å²) in [6.07, 6.45) is 3.07. The summed E-state index contributed by atoms with van der Waals surface area (Å²) < 4.78 is 7.38. The number of aliphatic imine (C=N–C) groups is 1. The summed E-state index contributed by atoms with van der Waals surface area (Å²) in [6, 6.07) is 15.8. The first-order chi connectivity index (χ1) is 17.5. The highest BCUT2D eigenvalue weighted by Crippen LogP contribution is 2.43. The van der Waals surface area contributed by atoms with Crippen LogP contribution in [0.25, 0.3) is 10.9 Å². The number of hydrogen-bond donors (Lipinski definition) is 0. The molecular formula is C29H27N3O3S. The first-order valence-electron chi connectivity index (χ1n) is 12.2. The number of amides is 1. The van der Waals surface area contributed by atoms with Gasteiger partial charge in [-0.3, -0.25) is 19.5 Å². The van der Waals surface area contributed by atoms with Crippen LogP contribution in [-0.2, 0) is 24.7 Å². The van der Waals surface area contributed by atoms with Gasteiger partial charge in [0.05, 0.1) is 19.4 Å². The number of para-hydroxylation sites is 1. The summed E-state index contributed by atoms with van der Waals surface area (Å²) in [5, 5.41) is 1.77. The van der Waals surface area contributed by atoms with Crippen LogP contribution in [0.2, 0.25) is 0 Å². The highest BCUT2D eigenvalue weighted by atomic mass is 32.1. The minimum Gasteiger partial charge on any atom is -0.497 e. The van der Waals surface area contributed by atoms with Crippen LogP contribution >= 0.6 is 11.3 Å². The van der Waals surface area contributed by atoms with Gasteiger partial charge in [0, 0.05) is 45.2 Å². The van der Waals surface area contributed by atoms with Gasteiger partial charge in [-0.15, -0.1) is 11.3 Å². The molecule has 0 fully saturated rings. The largest absolute Gasteiger partial charge is 0.497 e. The van der Waals surface area contributed by atoms with Crippen molar-refractivity contribution in [3.8, 4) is 5.75 Å². The van der Waals surface area contributed by atoms with Crippen LogP contribution in [-0.4, -0.2) is 42.2 Å². The fourth-order valence-electron chi connectivity index (χ4n) is 5.49. The molecule has 0 N–H and O–H groups in total. The predicted octanol–water partition coefficient (Wildman–Crippen LogP) is 5.11. The highest BCUT2D eigenvalue weighted by molar-refractivity contribution is 7.17. The van der Waals surface area contributed by atoms with Crippen LogP contribution in [0.1, 0.15) is 44.0 Å². The Morgan fingerprint density at radius 2 is 1.89 bits per heavy atom. The third-order valence-electron chi connectivity index (χ3n) is 7.40. The second-order valence-corrected chi connectivity index (χ2v) is 10.5. The zero-order valence-corrected chi connectivity index (χ0v) is 21.4. The smallest absolute Gasteiger partial charge is 0.249 e. The maximum absolute atomic E-state index is 13.8. The third-order valence-corrected chi connectivity index (χ3v) is 8.72. The molecule has 7 heteroatoms. The molecular weight excluding hydrogens is 470 g/mol. The maximum Gasteiger partial charge on any atom is 0.249 e. The molecule has 1 aliphatic heterocycles. The van der Waals surface area contributed by atoms with Gasteiger partial charge in [-0.05, 0) is 62.1 Å². The monoisotopic (exact) mass is 497 g/mol. The van der Waals surface area contributed by atoms with Crippen LogP contribution in [0.4, 0.5) is 5.00 Å². The molecule has 0 spiro atoms. The number of benzene rings is 2. The maximum atomic E-state index is 13.8. The number of nitrogens with zero attached hydrogens (tertiary/aromatic N) is 3. The van der Waals surface area contributed by atoms with E-state index in [1.807, 2.05) is 67.1 Å². The first kappa shape index (κ1) is 22.7. The molecule has 0 saturated heterocycles. The van der Waals surface area contributed by atoms with E-state index >= 15 is 0 Å². The molecule has 0 radical (unpaired) electrons. The van der Waals surface area contributed by atoms with E-state index in [0.717, 1.165) is 63.4 Å². The summed E-state index contributed by atoms with van der Waals surface area (Å²) in [6.45, 7) is 1.98. The molecule has 6 rings (SSSR count).